The Labute approximate surface area is 217 Å². The van der Waals surface area contributed by atoms with Gasteiger partial charge in [0.15, 0.2) is 12.4 Å². The standard InChI is InChI=1S/C23H34N2O13/c1-9-15(25-2)12(16(28)14(6-26)37-9)7-34-23-19(31)17(29)18(30)20(38-23)22(33)36-8-35-21(32)11-5-10(24)3-4-13(11)27/h3-5,9,12,14-20,23,25-31H,6-8,24H2,1-2H3/t9-,12+,14?,15?,16+,17-,18+,19?,20?,23+/m0/s1. The van der Waals surface area contributed by atoms with E-state index in [-0.39, 0.29) is 17.9 Å². The Morgan fingerprint density at radius 3 is 2.42 bits per heavy atom. The molecule has 2 fully saturated rings. The lowest BCUT2D eigenvalue weighted by Crippen LogP contribution is -2.62. The number of benzene rings is 1. The van der Waals surface area contributed by atoms with Crippen LogP contribution in [0.3, 0.4) is 0 Å². The van der Waals surface area contributed by atoms with Crippen molar-refractivity contribution in [3.63, 3.8) is 0 Å². The van der Waals surface area contributed by atoms with E-state index in [1.807, 2.05) is 0 Å². The number of aliphatic hydroxyl groups is 5. The number of aliphatic hydroxyl groups excluding tert-OH is 5. The second-order valence-electron chi connectivity index (χ2n) is 9.05. The first-order valence-corrected chi connectivity index (χ1v) is 11.8. The molecular weight excluding hydrogens is 512 g/mol. The van der Waals surface area contributed by atoms with Crippen molar-refractivity contribution < 1.29 is 63.9 Å². The number of ether oxygens (including phenoxy) is 5. The molecule has 1 aromatic carbocycles. The number of phenols is 1. The van der Waals surface area contributed by atoms with E-state index in [2.05, 4.69) is 5.32 Å². The molecule has 0 aliphatic carbocycles. The highest BCUT2D eigenvalue weighted by atomic mass is 16.7. The van der Waals surface area contributed by atoms with E-state index >= 15 is 0 Å². The van der Waals surface area contributed by atoms with E-state index in [0.717, 1.165) is 6.07 Å². The molecule has 38 heavy (non-hydrogen) atoms. The van der Waals surface area contributed by atoms with Crippen LogP contribution in [0.4, 0.5) is 5.69 Å². The van der Waals surface area contributed by atoms with Gasteiger partial charge in [0.2, 0.25) is 6.79 Å². The van der Waals surface area contributed by atoms with Crippen LogP contribution in [0.15, 0.2) is 18.2 Å². The van der Waals surface area contributed by atoms with Crippen molar-refractivity contribution in [2.24, 2.45) is 5.92 Å². The maximum Gasteiger partial charge on any atom is 0.344 e. The first kappa shape index (κ1) is 29.9. The summed E-state index contributed by atoms with van der Waals surface area (Å²) in [6.45, 7) is 0.120. The lowest BCUT2D eigenvalue weighted by atomic mass is 9.85. The van der Waals surface area contributed by atoms with E-state index in [0.29, 0.717) is 0 Å². The number of esters is 2. The van der Waals surface area contributed by atoms with Gasteiger partial charge in [-0.05, 0) is 32.2 Å². The Morgan fingerprint density at radius 1 is 1.05 bits per heavy atom. The maximum atomic E-state index is 12.5. The Kier molecular flexibility index (Phi) is 10.2. The van der Waals surface area contributed by atoms with Gasteiger partial charge in [-0.1, -0.05) is 0 Å². The van der Waals surface area contributed by atoms with Crippen molar-refractivity contribution in [1.29, 1.82) is 0 Å². The molecule has 2 aliphatic rings. The topological polar surface area (TPSA) is 240 Å². The van der Waals surface area contributed by atoms with Crippen LogP contribution >= 0.6 is 0 Å². The predicted molar refractivity (Wildman–Crippen MR) is 125 cm³/mol. The summed E-state index contributed by atoms with van der Waals surface area (Å²) in [5.74, 6) is -3.34. The van der Waals surface area contributed by atoms with E-state index in [1.165, 1.54) is 12.1 Å². The van der Waals surface area contributed by atoms with Gasteiger partial charge in [0.05, 0.1) is 25.4 Å². The largest absolute Gasteiger partial charge is 0.507 e. The maximum absolute atomic E-state index is 12.5. The molecule has 2 heterocycles. The van der Waals surface area contributed by atoms with Crippen molar-refractivity contribution >= 4 is 17.6 Å². The monoisotopic (exact) mass is 546 g/mol. The molecule has 0 radical (unpaired) electrons. The fourth-order valence-corrected chi connectivity index (χ4v) is 4.48. The number of nitrogen functional groups attached to an aromatic ring is 1. The molecule has 0 amide bonds. The number of phenolic OH excluding ortho intramolecular Hbond substituents is 1. The van der Waals surface area contributed by atoms with E-state index in [4.69, 9.17) is 29.4 Å². The molecule has 15 heteroatoms. The van der Waals surface area contributed by atoms with Crippen molar-refractivity contribution in [2.75, 3.05) is 32.8 Å². The molecule has 2 aliphatic heterocycles. The lowest BCUT2D eigenvalue weighted by Gasteiger charge is -2.45. The van der Waals surface area contributed by atoms with Crippen molar-refractivity contribution in [3.8, 4) is 5.75 Å². The number of hydrogen-bond acceptors (Lipinski definition) is 15. The minimum Gasteiger partial charge on any atom is -0.507 e. The molecular formula is C23H34N2O13. The molecule has 214 valence electrons. The molecule has 0 aromatic heterocycles. The van der Waals surface area contributed by atoms with Gasteiger partial charge in [-0.3, -0.25) is 0 Å². The van der Waals surface area contributed by atoms with Crippen LogP contribution < -0.4 is 11.1 Å². The quantitative estimate of drug-likeness (QED) is 0.0658. The summed E-state index contributed by atoms with van der Waals surface area (Å²) >= 11 is 0. The molecule has 2 saturated heterocycles. The third kappa shape index (κ3) is 6.51. The number of likely N-dealkylation sites (N-methyl/N-ethyl adjacent to an activating group) is 1. The predicted octanol–water partition coefficient (Wildman–Crippen LogP) is -3.20. The molecule has 0 saturated carbocycles. The highest BCUT2D eigenvalue weighted by molar-refractivity contribution is 5.93. The molecule has 3 rings (SSSR count). The molecule has 0 bridgehead atoms. The van der Waals surface area contributed by atoms with Gasteiger partial charge >= 0.3 is 11.9 Å². The van der Waals surface area contributed by atoms with Gasteiger partial charge in [-0.15, -0.1) is 0 Å². The Balaban J connectivity index is 1.60. The molecule has 10 atom stereocenters. The van der Waals surface area contributed by atoms with Crippen molar-refractivity contribution in [2.45, 2.75) is 62.0 Å². The Bertz CT molecular complexity index is 965. The van der Waals surface area contributed by atoms with Crippen LogP contribution in [0.1, 0.15) is 17.3 Å². The van der Waals surface area contributed by atoms with Gasteiger partial charge in [0.1, 0.15) is 35.7 Å². The molecule has 4 unspecified atom stereocenters. The van der Waals surface area contributed by atoms with Crippen LogP contribution in [0.25, 0.3) is 0 Å². The third-order valence-electron chi connectivity index (χ3n) is 6.58. The highest BCUT2D eigenvalue weighted by Crippen LogP contribution is 2.29. The normalized spacial score (nSPS) is 35.4. The minimum absolute atomic E-state index is 0.180. The number of nitrogens with two attached hydrogens (primary N) is 1. The number of carbonyl (C=O) groups excluding carboxylic acids is 2. The number of nitrogens with one attached hydrogen (secondary N) is 1. The van der Waals surface area contributed by atoms with Gasteiger partial charge in [-0.25, -0.2) is 9.59 Å². The van der Waals surface area contributed by atoms with Gasteiger partial charge in [-0.2, -0.15) is 0 Å². The Morgan fingerprint density at radius 2 is 1.76 bits per heavy atom. The molecule has 0 spiro atoms. The van der Waals surface area contributed by atoms with Crippen LogP contribution in [-0.4, -0.2) is 125 Å². The summed E-state index contributed by atoms with van der Waals surface area (Å²) in [6.07, 6.45) is -11.5. The van der Waals surface area contributed by atoms with Gasteiger partial charge < -0.3 is 65.4 Å². The van der Waals surface area contributed by atoms with E-state index < -0.39 is 92.1 Å². The number of carbonyl (C=O) groups is 2. The zero-order valence-electron chi connectivity index (χ0n) is 20.7. The third-order valence-corrected chi connectivity index (χ3v) is 6.58. The van der Waals surface area contributed by atoms with Crippen molar-refractivity contribution in [3.05, 3.63) is 23.8 Å². The Hall–Kier alpha value is -2.60. The fraction of sp³-hybridized carbons (Fsp3) is 0.652. The van der Waals surface area contributed by atoms with Crippen LogP contribution in [-0.2, 0) is 28.5 Å². The smallest absolute Gasteiger partial charge is 0.344 e. The summed E-state index contributed by atoms with van der Waals surface area (Å²) in [4.78, 5) is 24.6. The van der Waals surface area contributed by atoms with Gasteiger partial charge in [0, 0.05) is 17.6 Å². The lowest BCUT2D eigenvalue weighted by molar-refractivity contribution is -0.302. The zero-order chi connectivity index (χ0) is 28.1. The number of hydrogen-bond donors (Lipinski definition) is 8. The summed E-state index contributed by atoms with van der Waals surface area (Å²) in [5, 5.41) is 63.7. The molecule has 1 aromatic rings. The molecule has 9 N–H and O–H groups in total. The van der Waals surface area contributed by atoms with Crippen LogP contribution in [0, 0.1) is 5.92 Å². The van der Waals surface area contributed by atoms with E-state index in [1.54, 1.807) is 14.0 Å². The second kappa shape index (κ2) is 13.0. The first-order valence-electron chi connectivity index (χ1n) is 11.8. The number of rotatable bonds is 9. The SMILES string of the molecule is CNC1[C@H](C)OC(CO)[C@H](O)[C@@H]1CO[C@@H]1OC(C(=O)OCOC(=O)c2cc(N)ccc2O)[C@H](O)[C@H](O)C1O. The number of aromatic hydroxyl groups is 1. The first-order chi connectivity index (χ1) is 18.0. The van der Waals surface area contributed by atoms with Crippen LogP contribution in [0.2, 0.25) is 0 Å². The van der Waals surface area contributed by atoms with E-state index in [9.17, 15) is 40.2 Å². The van der Waals surface area contributed by atoms with Crippen LogP contribution in [0.5, 0.6) is 5.75 Å². The average molecular weight is 547 g/mol. The average Bonchev–Trinajstić information content (AvgIpc) is 2.89. The number of anilines is 1. The zero-order valence-corrected chi connectivity index (χ0v) is 20.7. The summed E-state index contributed by atoms with van der Waals surface area (Å²) in [6, 6.07) is 3.28. The summed E-state index contributed by atoms with van der Waals surface area (Å²) in [5.41, 5.74) is 5.48. The fourth-order valence-electron chi connectivity index (χ4n) is 4.48. The van der Waals surface area contributed by atoms with Crippen molar-refractivity contribution in [1.82, 2.24) is 5.32 Å². The molecule has 15 nitrogen and oxygen atoms in total. The summed E-state index contributed by atoms with van der Waals surface area (Å²) in [7, 11) is 1.64. The minimum atomic E-state index is -1.91. The summed E-state index contributed by atoms with van der Waals surface area (Å²) < 4.78 is 26.1. The highest BCUT2D eigenvalue weighted by Gasteiger charge is 2.49. The van der Waals surface area contributed by atoms with Gasteiger partial charge in [0.25, 0.3) is 0 Å². The second-order valence-corrected chi connectivity index (χ2v) is 9.05.